The first-order chi connectivity index (χ1) is 14.0. The van der Waals surface area contributed by atoms with E-state index in [9.17, 15) is 9.59 Å². The van der Waals surface area contributed by atoms with Crippen molar-refractivity contribution in [1.29, 1.82) is 0 Å². The Morgan fingerprint density at radius 2 is 1.59 bits per heavy atom. The third kappa shape index (κ3) is 3.53. The molecule has 4 aromatic rings. The van der Waals surface area contributed by atoms with Gasteiger partial charge in [-0.15, -0.1) is 0 Å². The lowest BCUT2D eigenvalue weighted by atomic mass is 10.0. The lowest BCUT2D eigenvalue weighted by molar-refractivity contribution is -0.118. The monoisotopic (exact) mass is 385 g/mol. The third-order valence-corrected chi connectivity index (χ3v) is 4.72. The summed E-state index contributed by atoms with van der Waals surface area (Å²) in [7, 11) is 0. The maximum absolute atomic E-state index is 12.2. The molecule has 1 atom stereocenters. The fourth-order valence-corrected chi connectivity index (χ4v) is 3.29. The number of anilines is 1. The molecule has 2 heterocycles. The zero-order valence-electron chi connectivity index (χ0n) is 15.4. The summed E-state index contributed by atoms with van der Waals surface area (Å²) >= 11 is 0. The van der Waals surface area contributed by atoms with Gasteiger partial charge < -0.3 is 16.8 Å². The van der Waals surface area contributed by atoms with Crippen molar-refractivity contribution in [2.24, 2.45) is 11.5 Å². The van der Waals surface area contributed by atoms with Gasteiger partial charge in [-0.1, -0.05) is 60.7 Å². The number of hydrogen-bond donors (Lipinski definition) is 3. The molecule has 7 heteroatoms. The highest BCUT2D eigenvalue weighted by Gasteiger charge is 2.23. The van der Waals surface area contributed by atoms with Crippen molar-refractivity contribution in [2.75, 3.05) is 5.32 Å². The molecule has 2 aromatic carbocycles. The molecule has 0 aliphatic heterocycles. The number of nitrogens with zero attached hydrogens (tertiary/aromatic N) is 2. The minimum Gasteiger partial charge on any atom is -0.368 e. The summed E-state index contributed by atoms with van der Waals surface area (Å²) < 4.78 is 1.64. The molecule has 0 bridgehead atoms. The van der Waals surface area contributed by atoms with Crippen molar-refractivity contribution < 1.29 is 9.59 Å². The average Bonchev–Trinajstić information content (AvgIpc) is 3.17. The molecule has 0 aliphatic carbocycles. The number of benzene rings is 2. The van der Waals surface area contributed by atoms with E-state index in [0.29, 0.717) is 16.8 Å². The van der Waals surface area contributed by atoms with Gasteiger partial charge in [-0.25, -0.2) is 4.52 Å². The Morgan fingerprint density at radius 3 is 2.21 bits per heavy atom. The molecule has 0 fully saturated rings. The molecule has 0 spiro atoms. The standard InChI is InChI=1S/C22H19N5O2/c23-21(28)17-12-25-27-13-16(14-7-3-1-4-8-14)11-18(27)20(17)26-19(22(24)29)15-9-5-2-6-10-15/h1-13,19,26H,(H2,23,28)(H2,24,29). The molecule has 2 amide bonds. The van der Waals surface area contributed by atoms with Crippen LogP contribution in [0.5, 0.6) is 0 Å². The number of rotatable bonds is 6. The van der Waals surface area contributed by atoms with Crippen molar-refractivity contribution in [3.63, 3.8) is 0 Å². The van der Waals surface area contributed by atoms with Crippen molar-refractivity contribution in [2.45, 2.75) is 6.04 Å². The van der Waals surface area contributed by atoms with Gasteiger partial charge in [0.2, 0.25) is 5.91 Å². The van der Waals surface area contributed by atoms with Gasteiger partial charge in [0.15, 0.2) is 0 Å². The van der Waals surface area contributed by atoms with Crippen LogP contribution in [-0.2, 0) is 4.79 Å². The number of aromatic nitrogens is 2. The van der Waals surface area contributed by atoms with Crippen LogP contribution < -0.4 is 16.8 Å². The second kappa shape index (κ2) is 7.47. The van der Waals surface area contributed by atoms with Crippen LogP contribution in [0.4, 0.5) is 5.69 Å². The summed E-state index contributed by atoms with van der Waals surface area (Å²) in [6.45, 7) is 0. The lowest BCUT2D eigenvalue weighted by Crippen LogP contribution is -2.29. The van der Waals surface area contributed by atoms with Gasteiger partial charge in [0, 0.05) is 11.8 Å². The SMILES string of the molecule is NC(=O)c1cnn2cc(-c3ccccc3)cc2c1NC(C(N)=O)c1ccccc1. The largest absolute Gasteiger partial charge is 0.368 e. The number of nitrogens with two attached hydrogens (primary N) is 2. The quantitative estimate of drug-likeness (QED) is 0.473. The van der Waals surface area contributed by atoms with Crippen molar-refractivity contribution in [1.82, 2.24) is 9.61 Å². The molecule has 0 saturated heterocycles. The van der Waals surface area contributed by atoms with Crippen LogP contribution >= 0.6 is 0 Å². The van der Waals surface area contributed by atoms with E-state index in [1.165, 1.54) is 6.20 Å². The van der Waals surface area contributed by atoms with Gasteiger partial charge in [0.1, 0.15) is 6.04 Å². The number of primary amides is 2. The second-order valence-corrected chi connectivity index (χ2v) is 6.61. The summed E-state index contributed by atoms with van der Waals surface area (Å²) in [6.07, 6.45) is 3.23. The fourth-order valence-electron chi connectivity index (χ4n) is 3.29. The van der Waals surface area contributed by atoms with E-state index in [-0.39, 0.29) is 5.56 Å². The predicted octanol–water partition coefficient (Wildman–Crippen LogP) is 2.74. The number of carbonyl (C=O) groups is 2. The molecule has 0 aliphatic rings. The first-order valence-electron chi connectivity index (χ1n) is 9.02. The van der Waals surface area contributed by atoms with E-state index in [1.807, 2.05) is 60.8 Å². The van der Waals surface area contributed by atoms with Crippen molar-refractivity contribution in [3.05, 3.63) is 90.3 Å². The number of hydrogen-bond acceptors (Lipinski definition) is 4. The maximum atomic E-state index is 12.2. The molecule has 1 unspecified atom stereocenters. The fraction of sp³-hybridized carbons (Fsp3) is 0.0455. The highest BCUT2D eigenvalue weighted by Crippen LogP contribution is 2.31. The van der Waals surface area contributed by atoms with Gasteiger partial charge in [-0.3, -0.25) is 9.59 Å². The Kier molecular flexibility index (Phi) is 4.70. The molecule has 144 valence electrons. The minimum absolute atomic E-state index is 0.178. The molecular formula is C22H19N5O2. The minimum atomic E-state index is -0.837. The summed E-state index contributed by atoms with van der Waals surface area (Å²) in [4.78, 5) is 24.2. The summed E-state index contributed by atoms with van der Waals surface area (Å²) in [5, 5.41) is 7.41. The Morgan fingerprint density at radius 1 is 0.931 bits per heavy atom. The molecule has 2 aromatic heterocycles. The van der Waals surface area contributed by atoms with Crippen molar-refractivity contribution >= 4 is 23.0 Å². The maximum Gasteiger partial charge on any atom is 0.252 e. The van der Waals surface area contributed by atoms with Crippen LogP contribution in [0.3, 0.4) is 0 Å². The number of nitrogens with one attached hydrogen (secondary N) is 1. The zero-order chi connectivity index (χ0) is 20.4. The van der Waals surface area contributed by atoms with E-state index in [4.69, 9.17) is 11.5 Å². The zero-order valence-corrected chi connectivity index (χ0v) is 15.4. The van der Waals surface area contributed by atoms with Gasteiger partial charge >= 0.3 is 0 Å². The average molecular weight is 385 g/mol. The van der Waals surface area contributed by atoms with Gasteiger partial charge in [-0.05, 0) is 17.2 Å². The van der Waals surface area contributed by atoms with Crippen LogP contribution in [-0.4, -0.2) is 21.4 Å². The van der Waals surface area contributed by atoms with Crippen LogP contribution in [0, 0.1) is 0 Å². The first-order valence-corrected chi connectivity index (χ1v) is 9.02. The van der Waals surface area contributed by atoms with Crippen LogP contribution in [0.2, 0.25) is 0 Å². The van der Waals surface area contributed by atoms with Crippen LogP contribution in [0.25, 0.3) is 16.6 Å². The van der Waals surface area contributed by atoms with Gasteiger partial charge in [0.25, 0.3) is 5.91 Å². The Labute approximate surface area is 166 Å². The lowest BCUT2D eigenvalue weighted by Gasteiger charge is -2.19. The van der Waals surface area contributed by atoms with E-state index in [2.05, 4.69) is 10.4 Å². The smallest absolute Gasteiger partial charge is 0.252 e. The van der Waals surface area contributed by atoms with Crippen LogP contribution in [0.15, 0.2) is 79.1 Å². The molecule has 29 heavy (non-hydrogen) atoms. The summed E-state index contributed by atoms with van der Waals surface area (Å²) in [6, 6.07) is 19.9. The van der Waals surface area contributed by atoms with Crippen molar-refractivity contribution in [3.8, 4) is 11.1 Å². The van der Waals surface area contributed by atoms with E-state index in [1.54, 1.807) is 16.6 Å². The molecule has 7 nitrogen and oxygen atoms in total. The first kappa shape index (κ1) is 18.2. The predicted molar refractivity (Wildman–Crippen MR) is 111 cm³/mol. The topological polar surface area (TPSA) is 116 Å². The Hall–Kier alpha value is -4.13. The highest BCUT2D eigenvalue weighted by molar-refractivity contribution is 6.03. The molecule has 4 rings (SSSR count). The van der Waals surface area contributed by atoms with Gasteiger partial charge in [0.05, 0.1) is 23.0 Å². The molecule has 0 radical (unpaired) electrons. The molecule has 0 saturated carbocycles. The summed E-state index contributed by atoms with van der Waals surface area (Å²) in [5.74, 6) is -1.22. The highest BCUT2D eigenvalue weighted by atomic mass is 16.1. The van der Waals surface area contributed by atoms with E-state index < -0.39 is 17.9 Å². The third-order valence-electron chi connectivity index (χ3n) is 4.72. The normalized spacial score (nSPS) is 11.9. The second-order valence-electron chi connectivity index (χ2n) is 6.61. The number of fused-ring (bicyclic) bond motifs is 1. The van der Waals surface area contributed by atoms with E-state index >= 15 is 0 Å². The number of amides is 2. The molecular weight excluding hydrogens is 366 g/mol. The van der Waals surface area contributed by atoms with Crippen LogP contribution in [0.1, 0.15) is 22.0 Å². The number of carbonyl (C=O) groups excluding carboxylic acids is 2. The van der Waals surface area contributed by atoms with E-state index in [0.717, 1.165) is 11.1 Å². The Balaban J connectivity index is 1.86. The summed E-state index contributed by atoms with van der Waals surface area (Å²) in [5.41, 5.74) is 15.0. The van der Waals surface area contributed by atoms with Gasteiger partial charge in [-0.2, -0.15) is 5.10 Å². The Bertz CT molecular complexity index is 1190. The molecule has 5 N–H and O–H groups in total.